The van der Waals surface area contributed by atoms with Gasteiger partial charge in [-0.3, -0.25) is 0 Å². The molecule has 10 heavy (non-hydrogen) atoms. The molecular weight excluding hydrogens is 141 g/mol. The van der Waals surface area contributed by atoms with Gasteiger partial charge < -0.3 is 0 Å². The highest BCUT2D eigenvalue weighted by Crippen LogP contribution is 2.28. The molecule has 0 aliphatic rings. The van der Waals surface area contributed by atoms with Crippen molar-refractivity contribution in [3.05, 3.63) is 35.8 Å². The standard InChI is InChI=1S/C7H5F3/c8-7(9,10)6-4-2-1-3-5-6/h1-5H/i1D,2D,3D,4D,5D. The van der Waals surface area contributed by atoms with Gasteiger partial charge in [-0.05, 0) is 0 Å². The second-order valence-electron chi connectivity index (χ2n) is 1.50. The van der Waals surface area contributed by atoms with E-state index in [2.05, 4.69) is 0 Å². The van der Waals surface area contributed by atoms with Gasteiger partial charge in [0.2, 0.25) is 0 Å². The molecule has 0 radical (unpaired) electrons. The Labute approximate surface area is 63.3 Å². The summed E-state index contributed by atoms with van der Waals surface area (Å²) in [5, 5.41) is 0. The van der Waals surface area contributed by atoms with Gasteiger partial charge in [0.25, 0.3) is 0 Å². The van der Waals surface area contributed by atoms with E-state index in [4.69, 9.17) is 6.85 Å². The highest BCUT2D eigenvalue weighted by atomic mass is 19.4. The highest BCUT2D eigenvalue weighted by Gasteiger charge is 2.29. The van der Waals surface area contributed by atoms with Crippen molar-refractivity contribution < 1.29 is 20.0 Å². The number of hydrogen-bond acceptors (Lipinski definition) is 0. The normalized spacial score (nSPS) is 18.5. The number of hydrogen-bond donors (Lipinski definition) is 0. The molecule has 1 rings (SSSR count). The fraction of sp³-hybridized carbons (Fsp3) is 0.143. The third kappa shape index (κ3) is 1.50. The van der Waals surface area contributed by atoms with Crippen molar-refractivity contribution in [2.45, 2.75) is 6.18 Å². The second kappa shape index (κ2) is 2.33. The lowest BCUT2D eigenvalue weighted by molar-refractivity contribution is -0.137. The molecule has 0 aliphatic carbocycles. The van der Waals surface area contributed by atoms with E-state index < -0.39 is 42.0 Å². The number of halogens is 3. The molecule has 0 fully saturated rings. The van der Waals surface area contributed by atoms with Gasteiger partial charge in [0.1, 0.15) is 0 Å². The molecule has 0 bridgehead atoms. The topological polar surface area (TPSA) is 0 Å². The van der Waals surface area contributed by atoms with Crippen LogP contribution in [-0.2, 0) is 6.18 Å². The van der Waals surface area contributed by atoms with E-state index in [-0.39, 0.29) is 0 Å². The van der Waals surface area contributed by atoms with Crippen molar-refractivity contribution in [1.29, 1.82) is 0 Å². The minimum absolute atomic E-state index is 0.835. The Kier molecular flexibility index (Phi) is 0.685. The maximum absolute atomic E-state index is 12.3. The van der Waals surface area contributed by atoms with Gasteiger partial charge >= 0.3 is 6.18 Å². The summed E-state index contributed by atoms with van der Waals surface area (Å²) >= 11 is 0. The molecule has 0 aliphatic heterocycles. The minimum atomic E-state index is -4.95. The second-order valence-corrected chi connectivity index (χ2v) is 1.50. The fourth-order valence-corrected chi connectivity index (χ4v) is 0.392. The molecule has 1 aromatic carbocycles. The van der Waals surface area contributed by atoms with Crippen LogP contribution in [-0.4, -0.2) is 0 Å². The Hall–Kier alpha value is -0.990. The maximum atomic E-state index is 12.3. The van der Waals surface area contributed by atoms with Crippen LogP contribution in [0.2, 0.25) is 0 Å². The molecule has 0 saturated heterocycles. The summed E-state index contributed by atoms with van der Waals surface area (Å²) in [6.07, 6.45) is -4.95. The van der Waals surface area contributed by atoms with Crippen molar-refractivity contribution in [1.82, 2.24) is 0 Å². The lowest BCUT2D eigenvalue weighted by Gasteiger charge is -2.03. The van der Waals surface area contributed by atoms with Gasteiger partial charge in [0.15, 0.2) is 0 Å². The molecule has 0 amide bonds. The molecule has 0 nitrogen and oxygen atoms in total. The largest absolute Gasteiger partial charge is 0.416 e. The molecule has 0 heterocycles. The third-order valence-corrected chi connectivity index (χ3v) is 0.783. The molecule has 0 aromatic heterocycles. The van der Waals surface area contributed by atoms with Crippen molar-refractivity contribution in [2.24, 2.45) is 0 Å². The molecule has 0 N–H and O–H groups in total. The summed E-state index contributed by atoms with van der Waals surface area (Å²) < 4.78 is 72.1. The van der Waals surface area contributed by atoms with Crippen LogP contribution in [0.25, 0.3) is 0 Å². The zero-order valence-electron chi connectivity index (χ0n) is 9.63. The third-order valence-electron chi connectivity index (χ3n) is 0.783. The lowest BCUT2D eigenvalue weighted by Crippen LogP contribution is -2.03. The van der Waals surface area contributed by atoms with Gasteiger partial charge in [-0.25, -0.2) is 0 Å². The van der Waals surface area contributed by atoms with Crippen molar-refractivity contribution in [3.8, 4) is 0 Å². The average molecular weight is 151 g/mol. The van der Waals surface area contributed by atoms with E-state index in [1.54, 1.807) is 0 Å². The Morgan fingerprint density at radius 1 is 1.10 bits per heavy atom. The van der Waals surface area contributed by atoms with Gasteiger partial charge in [0.05, 0.1) is 12.4 Å². The first-order chi connectivity index (χ1) is 6.68. The van der Waals surface area contributed by atoms with Crippen LogP contribution in [0.5, 0.6) is 0 Å². The fourth-order valence-electron chi connectivity index (χ4n) is 0.392. The highest BCUT2D eigenvalue weighted by molar-refractivity contribution is 5.17. The van der Waals surface area contributed by atoms with Gasteiger partial charge in [0, 0.05) is 0 Å². The Balaban J connectivity index is 3.68. The summed E-state index contributed by atoms with van der Waals surface area (Å²) in [6, 6.07) is -5.26. The van der Waals surface area contributed by atoms with Crippen LogP contribution in [0.1, 0.15) is 12.4 Å². The lowest BCUT2D eigenvalue weighted by atomic mass is 10.2. The summed E-state index contributed by atoms with van der Waals surface area (Å²) in [6.45, 7) is 0. The Morgan fingerprint density at radius 3 is 2.00 bits per heavy atom. The van der Waals surface area contributed by atoms with Gasteiger partial charge in [-0.1, -0.05) is 30.2 Å². The summed E-state index contributed by atoms with van der Waals surface area (Å²) in [7, 11) is 0. The molecule has 0 spiro atoms. The van der Waals surface area contributed by atoms with E-state index in [0.717, 1.165) is 0 Å². The SMILES string of the molecule is [2H]c1c([2H])c([2H])c(C(F)(F)F)c([2H])c1[2H]. The molecule has 54 valence electrons. The van der Waals surface area contributed by atoms with E-state index in [9.17, 15) is 13.2 Å². The molecule has 0 atom stereocenters. The maximum Gasteiger partial charge on any atom is 0.416 e. The van der Waals surface area contributed by atoms with E-state index in [1.807, 2.05) is 0 Å². The Morgan fingerprint density at radius 2 is 1.60 bits per heavy atom. The van der Waals surface area contributed by atoms with Crippen LogP contribution >= 0.6 is 0 Å². The zero-order chi connectivity index (χ0) is 12.0. The van der Waals surface area contributed by atoms with Crippen molar-refractivity contribution >= 4 is 0 Å². The van der Waals surface area contributed by atoms with E-state index >= 15 is 0 Å². The molecule has 0 saturated carbocycles. The number of rotatable bonds is 0. The van der Waals surface area contributed by atoms with Crippen molar-refractivity contribution in [3.63, 3.8) is 0 Å². The van der Waals surface area contributed by atoms with Crippen molar-refractivity contribution in [2.75, 3.05) is 0 Å². The van der Waals surface area contributed by atoms with Crippen LogP contribution in [0, 0.1) is 0 Å². The number of benzene rings is 1. The van der Waals surface area contributed by atoms with E-state index in [1.165, 1.54) is 0 Å². The molecule has 0 unspecified atom stereocenters. The number of alkyl halides is 3. The monoisotopic (exact) mass is 151 g/mol. The Bertz CT molecular complexity index is 383. The summed E-state index contributed by atoms with van der Waals surface area (Å²) in [5.74, 6) is 0. The summed E-state index contributed by atoms with van der Waals surface area (Å²) in [4.78, 5) is 0. The smallest absolute Gasteiger partial charge is 0.166 e. The van der Waals surface area contributed by atoms with Crippen LogP contribution < -0.4 is 0 Å². The predicted octanol–water partition coefficient (Wildman–Crippen LogP) is 2.71. The quantitative estimate of drug-likeness (QED) is 0.534. The molecule has 3 heteroatoms. The first kappa shape index (κ1) is 2.95. The average Bonchev–Trinajstić information content (AvgIpc) is 2.09. The first-order valence-corrected chi connectivity index (χ1v) is 2.32. The van der Waals surface area contributed by atoms with Gasteiger partial charge in [-0.2, -0.15) is 13.2 Å². The van der Waals surface area contributed by atoms with Crippen LogP contribution in [0.3, 0.4) is 0 Å². The minimum Gasteiger partial charge on any atom is -0.166 e. The first-order valence-electron chi connectivity index (χ1n) is 4.82. The van der Waals surface area contributed by atoms with Crippen LogP contribution in [0.4, 0.5) is 13.2 Å². The summed E-state index contributed by atoms with van der Waals surface area (Å²) in [5.41, 5.74) is -1.63. The zero-order valence-corrected chi connectivity index (χ0v) is 4.63. The molecule has 1 aromatic rings. The van der Waals surface area contributed by atoms with Gasteiger partial charge in [-0.15, -0.1) is 0 Å². The molecular formula is C7H5F3. The predicted molar refractivity (Wildman–Crippen MR) is 31.4 cm³/mol. The van der Waals surface area contributed by atoms with E-state index in [0.29, 0.717) is 0 Å². The van der Waals surface area contributed by atoms with Crippen LogP contribution in [0.15, 0.2) is 30.2 Å².